The summed E-state index contributed by atoms with van der Waals surface area (Å²) >= 11 is 7.43. The molecule has 1 heterocycles. The number of carbonyl (C=O) groups is 1. The summed E-state index contributed by atoms with van der Waals surface area (Å²) in [5.74, 6) is -0.453. The lowest BCUT2D eigenvalue weighted by Gasteiger charge is -2.17. The number of aromatic amines is 1. The average Bonchev–Trinajstić information content (AvgIpc) is 3.13. The van der Waals surface area contributed by atoms with Crippen LogP contribution < -0.4 is 16.2 Å². The van der Waals surface area contributed by atoms with Gasteiger partial charge in [-0.1, -0.05) is 37.1 Å². The average molecular weight is 510 g/mol. The Morgan fingerprint density at radius 1 is 1.38 bits per heavy atom. The number of halogens is 1. The molecular weight excluding hydrogens is 482 g/mol. The van der Waals surface area contributed by atoms with Gasteiger partial charge in [-0.2, -0.15) is 0 Å². The molecule has 0 unspecified atom stereocenters. The molecule has 10 nitrogen and oxygen atoms in total. The van der Waals surface area contributed by atoms with Gasteiger partial charge in [0, 0.05) is 6.92 Å². The van der Waals surface area contributed by atoms with E-state index in [1.54, 1.807) is 12.1 Å². The predicted molar refractivity (Wildman–Crippen MR) is 132 cm³/mol. The maximum absolute atomic E-state index is 12.8. The Labute approximate surface area is 206 Å². The summed E-state index contributed by atoms with van der Waals surface area (Å²) in [5.41, 5.74) is 6.88. The van der Waals surface area contributed by atoms with E-state index < -0.39 is 16.5 Å². The molecule has 0 atom stereocenters. The third-order valence-corrected chi connectivity index (χ3v) is 6.58. The number of nitro groups is 1. The molecule has 184 valence electrons. The number of hydrogen-bond acceptors (Lipinski definition) is 7. The Bertz CT molecular complexity index is 1200. The Morgan fingerprint density at radius 3 is 2.62 bits per heavy atom. The summed E-state index contributed by atoms with van der Waals surface area (Å²) in [6.07, 6.45) is 3.01. The highest BCUT2D eigenvalue weighted by molar-refractivity contribution is 8.03. The van der Waals surface area contributed by atoms with Crippen LogP contribution in [0.3, 0.4) is 0 Å². The van der Waals surface area contributed by atoms with Gasteiger partial charge in [0.25, 0.3) is 11.6 Å². The highest BCUT2D eigenvalue weighted by Gasteiger charge is 2.23. The molecule has 0 spiro atoms. The molecule has 12 heteroatoms. The minimum Gasteiger partial charge on any atom is -0.482 e. The molecule has 0 fully saturated rings. The molecule has 0 saturated heterocycles. The summed E-state index contributed by atoms with van der Waals surface area (Å²) in [7, 11) is 0. The smallest absolute Gasteiger partial charge is 0.348 e. The van der Waals surface area contributed by atoms with Crippen LogP contribution in [0, 0.1) is 10.1 Å². The molecule has 1 amide bonds. The van der Waals surface area contributed by atoms with Gasteiger partial charge in [0.1, 0.15) is 5.75 Å². The van der Waals surface area contributed by atoms with Crippen molar-refractivity contribution in [2.45, 2.75) is 58.5 Å². The Kier molecular flexibility index (Phi) is 9.51. The van der Waals surface area contributed by atoms with Crippen molar-refractivity contribution in [3.63, 3.8) is 0 Å². The number of nitrogens with zero attached hydrogens (tertiary/aromatic N) is 3. The van der Waals surface area contributed by atoms with E-state index in [4.69, 9.17) is 22.1 Å². The Morgan fingerprint density at radius 2 is 2.06 bits per heavy atom. The third kappa shape index (κ3) is 6.73. The van der Waals surface area contributed by atoms with E-state index in [0.29, 0.717) is 29.0 Å². The van der Waals surface area contributed by atoms with E-state index in [-0.39, 0.29) is 34.2 Å². The van der Waals surface area contributed by atoms with Crippen LogP contribution in [-0.4, -0.2) is 32.2 Å². The summed E-state index contributed by atoms with van der Waals surface area (Å²) < 4.78 is 6.73. The van der Waals surface area contributed by atoms with Crippen molar-refractivity contribution < 1.29 is 14.5 Å². The number of primary amides is 1. The van der Waals surface area contributed by atoms with Gasteiger partial charge in [-0.05, 0) is 62.1 Å². The van der Waals surface area contributed by atoms with Crippen LogP contribution in [0.5, 0.6) is 5.75 Å². The first kappa shape index (κ1) is 27.2. The number of thioether (sulfide) groups is 1. The lowest BCUT2D eigenvalue weighted by atomic mass is 10.0. The van der Waals surface area contributed by atoms with Crippen LogP contribution in [0.1, 0.15) is 58.9 Å². The second-order valence-electron chi connectivity index (χ2n) is 7.90. The molecule has 0 radical (unpaired) electrons. The van der Waals surface area contributed by atoms with E-state index in [1.807, 2.05) is 33.8 Å². The van der Waals surface area contributed by atoms with Crippen LogP contribution >= 0.6 is 23.4 Å². The number of hydrogen-bond donors (Lipinski definition) is 2. The van der Waals surface area contributed by atoms with Crippen LogP contribution in [0.25, 0.3) is 5.69 Å². The highest BCUT2D eigenvalue weighted by Crippen LogP contribution is 2.37. The lowest BCUT2D eigenvalue weighted by Crippen LogP contribution is -2.21. The first-order valence-corrected chi connectivity index (χ1v) is 11.7. The fraction of sp³-hybridized carbons (Fsp3) is 0.409. The largest absolute Gasteiger partial charge is 0.482 e. The second kappa shape index (κ2) is 11.9. The van der Waals surface area contributed by atoms with Gasteiger partial charge in [0.05, 0.1) is 20.5 Å². The van der Waals surface area contributed by atoms with E-state index in [9.17, 15) is 19.7 Å². The van der Waals surface area contributed by atoms with Crippen LogP contribution in [0.4, 0.5) is 0 Å². The minimum atomic E-state index is -0.649. The number of H-pyrrole nitrogens is 1. The fourth-order valence-electron chi connectivity index (χ4n) is 3.01. The third-order valence-electron chi connectivity index (χ3n) is 5.09. The van der Waals surface area contributed by atoms with Crippen molar-refractivity contribution in [3.8, 4) is 11.4 Å². The number of ether oxygens (including phenoxy) is 1. The SMILES string of the molecule is C/C=C(/C)CC/C(Sc1n[nH]c(=O)n1-c1cc(Cl)c(OCC(N)=O)cc1C(C)C)=C(\C)[N+](=O)[O-]. The monoisotopic (exact) mass is 509 g/mol. The maximum atomic E-state index is 12.8. The lowest BCUT2D eigenvalue weighted by molar-refractivity contribution is -0.425. The topological polar surface area (TPSA) is 146 Å². The first-order valence-electron chi connectivity index (χ1n) is 10.5. The van der Waals surface area contributed by atoms with Crippen LogP contribution in [0.2, 0.25) is 5.02 Å². The molecule has 0 aliphatic rings. The number of carbonyl (C=O) groups excluding carboxylic acids is 1. The molecule has 0 bridgehead atoms. The number of amides is 1. The standard InChI is InChI=1S/C22H28ClN5O5S/c1-6-13(4)7-8-19(14(5)28(31)32)34-22-26-25-21(30)27(22)17-10-16(23)18(33-11-20(24)29)9-15(17)12(2)3/h6,9-10,12H,7-8,11H2,1-5H3,(H2,24,29)(H,25,30)/b13-6-,19-14-. The predicted octanol–water partition coefficient (Wildman–Crippen LogP) is 4.55. The summed E-state index contributed by atoms with van der Waals surface area (Å²) in [6, 6.07) is 3.19. The Balaban J connectivity index is 2.59. The first-order chi connectivity index (χ1) is 16.0. The molecule has 34 heavy (non-hydrogen) atoms. The van der Waals surface area contributed by atoms with Crippen LogP contribution in [0.15, 0.2) is 44.3 Å². The zero-order valence-corrected chi connectivity index (χ0v) is 21.2. The number of benzene rings is 1. The normalized spacial score (nSPS) is 12.6. The molecule has 0 aliphatic carbocycles. The molecular formula is C22H28ClN5O5S. The Hall–Kier alpha value is -3.05. The maximum Gasteiger partial charge on any atom is 0.348 e. The zero-order chi connectivity index (χ0) is 25.6. The molecule has 1 aromatic heterocycles. The molecule has 1 aromatic carbocycles. The van der Waals surface area contributed by atoms with Gasteiger partial charge < -0.3 is 10.5 Å². The van der Waals surface area contributed by atoms with Crippen molar-refractivity contribution in [1.29, 1.82) is 0 Å². The van der Waals surface area contributed by atoms with Crippen molar-refractivity contribution in [2.75, 3.05) is 6.61 Å². The molecule has 2 rings (SSSR count). The van der Waals surface area contributed by atoms with E-state index in [2.05, 4.69) is 10.2 Å². The zero-order valence-electron chi connectivity index (χ0n) is 19.7. The summed E-state index contributed by atoms with van der Waals surface area (Å²) in [4.78, 5) is 35.4. The summed E-state index contributed by atoms with van der Waals surface area (Å²) in [6.45, 7) is 8.79. The van der Waals surface area contributed by atoms with Crippen molar-refractivity contribution in [1.82, 2.24) is 14.8 Å². The quantitative estimate of drug-likeness (QED) is 0.195. The van der Waals surface area contributed by atoms with Crippen LogP contribution in [-0.2, 0) is 4.79 Å². The van der Waals surface area contributed by atoms with Gasteiger partial charge in [0.15, 0.2) is 6.61 Å². The van der Waals surface area contributed by atoms with Gasteiger partial charge >= 0.3 is 5.69 Å². The minimum absolute atomic E-state index is 0.00628. The number of nitrogens with one attached hydrogen (secondary N) is 1. The summed E-state index contributed by atoms with van der Waals surface area (Å²) in [5, 5.41) is 18.4. The number of aromatic nitrogens is 3. The number of rotatable bonds is 11. The van der Waals surface area contributed by atoms with Gasteiger partial charge in [-0.25, -0.2) is 14.5 Å². The van der Waals surface area contributed by atoms with Crippen molar-refractivity contribution in [3.05, 3.63) is 65.6 Å². The van der Waals surface area contributed by atoms with E-state index >= 15 is 0 Å². The van der Waals surface area contributed by atoms with E-state index in [1.165, 1.54) is 11.5 Å². The highest BCUT2D eigenvalue weighted by atomic mass is 35.5. The number of nitrogens with two attached hydrogens (primary N) is 1. The number of allylic oxidation sites excluding steroid dienone is 4. The molecule has 0 saturated carbocycles. The fourth-order valence-corrected chi connectivity index (χ4v) is 4.23. The molecule has 3 N–H and O–H groups in total. The second-order valence-corrected chi connectivity index (χ2v) is 9.37. The molecule has 0 aliphatic heterocycles. The molecule has 2 aromatic rings. The van der Waals surface area contributed by atoms with Gasteiger partial charge in [-0.3, -0.25) is 14.9 Å². The van der Waals surface area contributed by atoms with Gasteiger partial charge in [0.2, 0.25) is 5.16 Å². The van der Waals surface area contributed by atoms with E-state index in [0.717, 1.165) is 17.3 Å². The van der Waals surface area contributed by atoms with Crippen molar-refractivity contribution >= 4 is 29.3 Å². The van der Waals surface area contributed by atoms with Gasteiger partial charge in [-0.15, -0.1) is 5.10 Å². The van der Waals surface area contributed by atoms with Crippen molar-refractivity contribution in [2.24, 2.45) is 5.73 Å².